The summed E-state index contributed by atoms with van der Waals surface area (Å²) in [5, 5.41) is 10.6. The van der Waals surface area contributed by atoms with Gasteiger partial charge in [-0.05, 0) is 42.3 Å². The van der Waals surface area contributed by atoms with Gasteiger partial charge in [-0.25, -0.2) is 17.9 Å². The summed E-state index contributed by atoms with van der Waals surface area (Å²) in [6, 6.07) is 12.0. The smallest absolute Gasteiger partial charge is 0.239 e. The number of amides is 1. The number of carbonyl (C=O) groups is 1. The van der Waals surface area contributed by atoms with Gasteiger partial charge in [0, 0.05) is 12.2 Å². The molecule has 0 fully saturated rings. The van der Waals surface area contributed by atoms with Gasteiger partial charge in [0.05, 0.1) is 11.4 Å². The van der Waals surface area contributed by atoms with Crippen LogP contribution in [0.4, 0.5) is 10.1 Å². The van der Waals surface area contributed by atoms with Gasteiger partial charge in [0.2, 0.25) is 15.9 Å². The summed E-state index contributed by atoms with van der Waals surface area (Å²) in [7, 11) is -3.70. The van der Waals surface area contributed by atoms with Crippen molar-refractivity contribution < 1.29 is 17.6 Å². The Kier molecular flexibility index (Phi) is 5.88. The average molecular weight is 351 g/mol. The Morgan fingerprint density at radius 3 is 2.46 bits per heavy atom. The van der Waals surface area contributed by atoms with Crippen molar-refractivity contribution in [1.29, 1.82) is 0 Å². The summed E-state index contributed by atoms with van der Waals surface area (Å²) in [4.78, 5) is 11.8. The topological polar surface area (TPSA) is 101 Å². The molecule has 24 heavy (non-hydrogen) atoms. The Balaban J connectivity index is 1.74. The highest BCUT2D eigenvalue weighted by molar-refractivity contribution is 7.89. The van der Waals surface area contributed by atoms with Crippen LogP contribution in [0.2, 0.25) is 0 Å². The van der Waals surface area contributed by atoms with Crippen LogP contribution in [0.25, 0.3) is 0 Å². The van der Waals surface area contributed by atoms with Crippen LogP contribution < -0.4 is 15.8 Å². The summed E-state index contributed by atoms with van der Waals surface area (Å²) in [5.41, 5.74) is 1.41. The van der Waals surface area contributed by atoms with Crippen LogP contribution in [0.15, 0.2) is 53.4 Å². The maximum absolute atomic E-state index is 13.0. The summed E-state index contributed by atoms with van der Waals surface area (Å²) >= 11 is 0. The second-order valence-electron chi connectivity index (χ2n) is 5.15. The van der Waals surface area contributed by atoms with Crippen molar-refractivity contribution in [3.63, 3.8) is 0 Å². The molecule has 2 rings (SSSR count). The highest BCUT2D eigenvalue weighted by Crippen LogP contribution is 2.09. The lowest BCUT2D eigenvalue weighted by atomic mass is 10.1. The zero-order valence-electron chi connectivity index (χ0n) is 12.8. The minimum absolute atomic E-state index is 0.0355. The van der Waals surface area contributed by atoms with E-state index in [0.29, 0.717) is 18.7 Å². The Bertz CT molecular complexity index is 808. The molecule has 0 radical (unpaired) electrons. The molecule has 0 aliphatic carbocycles. The Morgan fingerprint density at radius 2 is 1.83 bits per heavy atom. The van der Waals surface area contributed by atoms with Crippen LogP contribution in [-0.2, 0) is 21.2 Å². The van der Waals surface area contributed by atoms with E-state index in [1.807, 2.05) is 0 Å². The molecule has 0 saturated heterocycles. The lowest BCUT2D eigenvalue weighted by molar-refractivity contribution is -0.119. The van der Waals surface area contributed by atoms with E-state index in [0.717, 1.165) is 5.56 Å². The standard InChI is InChI=1S/C16H18FN3O3S/c17-13-2-1-3-14(10-13)20-11-16(21)19-9-8-12-4-6-15(7-5-12)24(18,22)23/h1-7,10,20H,8-9,11H2,(H,19,21)(H2,18,22,23). The van der Waals surface area contributed by atoms with Gasteiger partial charge in [-0.1, -0.05) is 18.2 Å². The van der Waals surface area contributed by atoms with Crippen molar-refractivity contribution >= 4 is 21.6 Å². The van der Waals surface area contributed by atoms with Crippen LogP contribution in [-0.4, -0.2) is 27.4 Å². The number of hydrogen-bond acceptors (Lipinski definition) is 4. The van der Waals surface area contributed by atoms with E-state index < -0.39 is 10.0 Å². The fraction of sp³-hybridized carbons (Fsp3) is 0.188. The van der Waals surface area contributed by atoms with Gasteiger partial charge in [-0.2, -0.15) is 0 Å². The van der Waals surface area contributed by atoms with E-state index in [4.69, 9.17) is 5.14 Å². The molecule has 0 unspecified atom stereocenters. The molecule has 128 valence electrons. The monoisotopic (exact) mass is 351 g/mol. The minimum Gasteiger partial charge on any atom is -0.376 e. The van der Waals surface area contributed by atoms with Gasteiger partial charge in [-0.3, -0.25) is 4.79 Å². The van der Waals surface area contributed by atoms with Gasteiger partial charge < -0.3 is 10.6 Å². The van der Waals surface area contributed by atoms with Gasteiger partial charge >= 0.3 is 0 Å². The Morgan fingerprint density at radius 1 is 1.12 bits per heavy atom. The highest BCUT2D eigenvalue weighted by atomic mass is 32.2. The van der Waals surface area contributed by atoms with Gasteiger partial charge in [0.25, 0.3) is 0 Å². The van der Waals surface area contributed by atoms with Crippen molar-refractivity contribution in [3.8, 4) is 0 Å². The van der Waals surface area contributed by atoms with Crippen LogP contribution in [0.1, 0.15) is 5.56 Å². The van der Waals surface area contributed by atoms with Crippen molar-refractivity contribution in [2.45, 2.75) is 11.3 Å². The summed E-state index contributed by atoms with van der Waals surface area (Å²) in [5.74, 6) is -0.594. The van der Waals surface area contributed by atoms with E-state index in [2.05, 4.69) is 10.6 Å². The summed E-state index contributed by atoms with van der Waals surface area (Å²) in [6.07, 6.45) is 0.552. The van der Waals surface area contributed by atoms with Gasteiger partial charge in [-0.15, -0.1) is 0 Å². The number of nitrogens with one attached hydrogen (secondary N) is 2. The number of anilines is 1. The first-order chi connectivity index (χ1) is 11.3. The maximum Gasteiger partial charge on any atom is 0.239 e. The molecular weight excluding hydrogens is 333 g/mol. The van der Waals surface area contributed by atoms with Crippen LogP contribution in [0, 0.1) is 5.82 Å². The number of halogens is 1. The SMILES string of the molecule is NS(=O)(=O)c1ccc(CCNC(=O)CNc2cccc(F)c2)cc1. The van der Waals surface area contributed by atoms with E-state index >= 15 is 0 Å². The van der Waals surface area contributed by atoms with Crippen LogP contribution in [0.5, 0.6) is 0 Å². The first-order valence-corrected chi connectivity index (χ1v) is 8.77. The van der Waals surface area contributed by atoms with E-state index in [9.17, 15) is 17.6 Å². The van der Waals surface area contributed by atoms with Crippen molar-refractivity contribution in [2.24, 2.45) is 5.14 Å². The molecule has 0 aliphatic rings. The quantitative estimate of drug-likeness (QED) is 0.699. The van der Waals surface area contributed by atoms with Crippen molar-refractivity contribution in [1.82, 2.24) is 5.32 Å². The predicted molar refractivity (Wildman–Crippen MR) is 89.4 cm³/mol. The third-order valence-corrected chi connectivity index (χ3v) is 4.19. The second-order valence-corrected chi connectivity index (χ2v) is 6.71. The molecule has 0 aliphatic heterocycles. The predicted octanol–water partition coefficient (Wildman–Crippen LogP) is 1.24. The third-order valence-electron chi connectivity index (χ3n) is 3.27. The molecule has 2 aromatic carbocycles. The fourth-order valence-electron chi connectivity index (χ4n) is 2.04. The second kappa shape index (κ2) is 7.89. The van der Waals surface area contributed by atoms with E-state index in [1.165, 1.54) is 24.3 Å². The first-order valence-electron chi connectivity index (χ1n) is 7.22. The molecular formula is C16H18FN3O3S. The van der Waals surface area contributed by atoms with E-state index in [-0.39, 0.29) is 23.2 Å². The molecule has 0 aromatic heterocycles. The number of sulfonamides is 1. The Labute approximate surface area is 139 Å². The van der Waals surface area contributed by atoms with Crippen LogP contribution >= 0.6 is 0 Å². The first kappa shape index (κ1) is 17.9. The van der Waals surface area contributed by atoms with Gasteiger partial charge in [0.1, 0.15) is 5.82 Å². The summed E-state index contributed by atoms with van der Waals surface area (Å²) < 4.78 is 35.3. The Hall–Kier alpha value is -2.45. The molecule has 0 atom stereocenters. The molecule has 0 heterocycles. The molecule has 2 aromatic rings. The van der Waals surface area contributed by atoms with Crippen molar-refractivity contribution in [2.75, 3.05) is 18.4 Å². The van der Waals surface area contributed by atoms with E-state index in [1.54, 1.807) is 24.3 Å². The molecule has 6 nitrogen and oxygen atoms in total. The number of benzene rings is 2. The molecule has 4 N–H and O–H groups in total. The molecule has 0 spiro atoms. The zero-order chi connectivity index (χ0) is 17.6. The zero-order valence-corrected chi connectivity index (χ0v) is 13.6. The minimum atomic E-state index is -3.70. The summed E-state index contributed by atoms with van der Waals surface area (Å²) in [6.45, 7) is 0.437. The molecule has 8 heteroatoms. The molecule has 1 amide bonds. The molecule has 0 saturated carbocycles. The van der Waals surface area contributed by atoms with Crippen molar-refractivity contribution in [3.05, 3.63) is 59.9 Å². The maximum atomic E-state index is 13.0. The average Bonchev–Trinajstić information content (AvgIpc) is 2.53. The number of rotatable bonds is 7. The third kappa shape index (κ3) is 5.64. The highest BCUT2D eigenvalue weighted by Gasteiger charge is 2.07. The number of primary sulfonamides is 1. The lowest BCUT2D eigenvalue weighted by Crippen LogP contribution is -2.31. The van der Waals surface area contributed by atoms with Gasteiger partial charge in [0.15, 0.2) is 0 Å². The lowest BCUT2D eigenvalue weighted by Gasteiger charge is -2.08. The van der Waals surface area contributed by atoms with Crippen LogP contribution in [0.3, 0.4) is 0 Å². The number of carbonyl (C=O) groups excluding carboxylic acids is 1. The largest absolute Gasteiger partial charge is 0.376 e. The fourth-order valence-corrected chi connectivity index (χ4v) is 2.55. The number of nitrogens with two attached hydrogens (primary N) is 1. The molecule has 0 bridgehead atoms. The normalized spacial score (nSPS) is 11.1. The number of hydrogen-bond donors (Lipinski definition) is 3.